The van der Waals surface area contributed by atoms with E-state index in [0.29, 0.717) is 12.2 Å². The van der Waals surface area contributed by atoms with Crippen molar-refractivity contribution in [2.45, 2.75) is 18.2 Å². The third kappa shape index (κ3) is 4.88. The van der Waals surface area contributed by atoms with Crippen LogP contribution in [0.1, 0.15) is 0 Å². The summed E-state index contributed by atoms with van der Waals surface area (Å²) in [6.07, 6.45) is -1.06. The summed E-state index contributed by atoms with van der Waals surface area (Å²) in [7, 11) is 2.10. The van der Waals surface area contributed by atoms with Crippen molar-refractivity contribution in [1.82, 2.24) is 15.1 Å². The highest BCUT2D eigenvalue weighted by Crippen LogP contribution is 2.17. The van der Waals surface area contributed by atoms with Gasteiger partial charge >= 0.3 is 6.03 Å². The van der Waals surface area contributed by atoms with Gasteiger partial charge in [0.1, 0.15) is 11.9 Å². The molecule has 25 heavy (non-hydrogen) atoms. The van der Waals surface area contributed by atoms with Crippen molar-refractivity contribution in [3.05, 3.63) is 30.1 Å². The predicted octanol–water partition coefficient (Wildman–Crippen LogP) is 0.323. The highest BCUT2D eigenvalue weighted by atomic mass is 19.1. The molecule has 0 bridgehead atoms. The second-order valence-corrected chi connectivity index (χ2v) is 6.68. The summed E-state index contributed by atoms with van der Waals surface area (Å²) < 4.78 is 18.6. The number of halogens is 1. The first-order valence-corrected chi connectivity index (χ1v) is 8.55. The summed E-state index contributed by atoms with van der Waals surface area (Å²) in [6, 6.07) is 4.60. The maximum Gasteiger partial charge on any atom is 0.319 e. The molecule has 1 aromatic rings. The number of ether oxygens (including phenoxy) is 1. The Morgan fingerprint density at radius 1 is 1.28 bits per heavy atom. The van der Waals surface area contributed by atoms with Crippen LogP contribution < -0.4 is 10.6 Å². The Bertz CT molecular complexity index is 578. The number of rotatable bonds is 4. The molecule has 2 amide bonds. The number of urea groups is 1. The van der Waals surface area contributed by atoms with Crippen LogP contribution >= 0.6 is 0 Å². The fourth-order valence-corrected chi connectivity index (χ4v) is 3.13. The molecule has 2 aliphatic heterocycles. The number of nitrogens with one attached hydrogen (secondary N) is 2. The van der Waals surface area contributed by atoms with E-state index >= 15 is 0 Å². The average Bonchev–Trinajstić information content (AvgIpc) is 2.92. The molecule has 2 aliphatic rings. The molecule has 0 radical (unpaired) electrons. The van der Waals surface area contributed by atoms with Crippen molar-refractivity contribution in [3.8, 4) is 0 Å². The van der Waals surface area contributed by atoms with Crippen LogP contribution in [0.25, 0.3) is 0 Å². The van der Waals surface area contributed by atoms with Gasteiger partial charge in [-0.1, -0.05) is 0 Å². The van der Waals surface area contributed by atoms with Crippen LogP contribution in [-0.4, -0.2) is 85.6 Å². The molecule has 0 spiro atoms. The van der Waals surface area contributed by atoms with Crippen molar-refractivity contribution < 1.29 is 19.0 Å². The minimum atomic E-state index is -0.751. The topological polar surface area (TPSA) is 77.1 Å². The smallest absolute Gasteiger partial charge is 0.319 e. The van der Waals surface area contributed by atoms with Crippen LogP contribution in [0, 0.1) is 5.82 Å². The Hall–Kier alpha value is -1.74. The van der Waals surface area contributed by atoms with E-state index in [2.05, 4.69) is 27.5 Å². The van der Waals surface area contributed by atoms with E-state index in [1.54, 1.807) is 0 Å². The first kappa shape index (κ1) is 18.1. The van der Waals surface area contributed by atoms with Gasteiger partial charge in [0, 0.05) is 38.4 Å². The molecule has 0 aliphatic carbocycles. The van der Waals surface area contributed by atoms with Crippen LogP contribution in [-0.2, 0) is 4.74 Å². The van der Waals surface area contributed by atoms with E-state index in [4.69, 9.17) is 4.74 Å². The number of carbonyl (C=O) groups is 1. The zero-order chi connectivity index (χ0) is 17.8. The average molecular weight is 352 g/mol. The number of carbonyl (C=O) groups excluding carboxylic acids is 1. The number of likely N-dealkylation sites (N-methyl/N-ethyl adjacent to an activating group) is 1. The predicted molar refractivity (Wildman–Crippen MR) is 92.0 cm³/mol. The molecule has 2 saturated heterocycles. The summed E-state index contributed by atoms with van der Waals surface area (Å²) >= 11 is 0. The molecule has 2 fully saturated rings. The lowest BCUT2D eigenvalue weighted by Crippen LogP contribution is -2.51. The minimum absolute atomic E-state index is 0.274. The number of aliphatic hydroxyl groups excluding tert-OH is 1. The molecule has 3 rings (SSSR count). The Morgan fingerprint density at radius 2 is 1.96 bits per heavy atom. The Kier molecular flexibility index (Phi) is 5.85. The van der Waals surface area contributed by atoms with Crippen molar-refractivity contribution in [2.75, 3.05) is 51.7 Å². The van der Waals surface area contributed by atoms with E-state index in [0.717, 1.165) is 26.2 Å². The van der Waals surface area contributed by atoms with Crippen molar-refractivity contribution in [1.29, 1.82) is 0 Å². The number of anilines is 1. The molecule has 0 aromatic heterocycles. The second kappa shape index (κ2) is 8.09. The number of nitrogens with zero attached hydrogens (tertiary/aromatic N) is 2. The van der Waals surface area contributed by atoms with Gasteiger partial charge in [-0.3, -0.25) is 4.90 Å². The van der Waals surface area contributed by atoms with Crippen LogP contribution in [0.5, 0.6) is 0 Å². The van der Waals surface area contributed by atoms with Gasteiger partial charge in [0.05, 0.1) is 18.8 Å². The summed E-state index contributed by atoms with van der Waals surface area (Å²) in [5, 5.41) is 15.8. The SMILES string of the molecule is CN1CCN(C[C@@H]2OC[C@H](NC(=O)Nc3ccc(F)cc3)[C@H]2O)CC1. The molecule has 138 valence electrons. The molecule has 0 saturated carbocycles. The number of piperazine rings is 1. The van der Waals surface area contributed by atoms with Gasteiger partial charge in [-0.2, -0.15) is 0 Å². The lowest BCUT2D eigenvalue weighted by Gasteiger charge is -2.34. The number of hydrogen-bond acceptors (Lipinski definition) is 5. The standard InChI is InChI=1S/C17H25FN4O3/c1-21-6-8-22(9-7-21)10-15-16(23)14(11-25-15)20-17(24)19-13-4-2-12(18)3-5-13/h2-5,14-16,23H,6-11H2,1H3,(H2,19,20,24)/t14-,15-,16+/m0/s1. The van der Waals surface area contributed by atoms with Crippen LogP contribution in [0.2, 0.25) is 0 Å². The van der Waals surface area contributed by atoms with Crippen LogP contribution in [0.4, 0.5) is 14.9 Å². The largest absolute Gasteiger partial charge is 0.388 e. The Labute approximate surface area is 146 Å². The molecule has 0 unspecified atom stereocenters. The van der Waals surface area contributed by atoms with E-state index < -0.39 is 18.2 Å². The maximum atomic E-state index is 12.9. The molecular weight excluding hydrogens is 327 g/mol. The third-order valence-electron chi connectivity index (χ3n) is 4.74. The second-order valence-electron chi connectivity index (χ2n) is 6.68. The van der Waals surface area contributed by atoms with Crippen molar-refractivity contribution >= 4 is 11.7 Å². The molecule has 8 heteroatoms. The van der Waals surface area contributed by atoms with Gasteiger partial charge in [0.15, 0.2) is 0 Å². The lowest BCUT2D eigenvalue weighted by atomic mass is 10.1. The fourth-order valence-electron chi connectivity index (χ4n) is 3.13. The van der Waals surface area contributed by atoms with Gasteiger partial charge in [-0.05, 0) is 31.3 Å². The summed E-state index contributed by atoms with van der Waals surface area (Å²) in [6.45, 7) is 4.84. The highest BCUT2D eigenvalue weighted by Gasteiger charge is 2.38. The zero-order valence-corrected chi connectivity index (χ0v) is 14.3. The molecule has 2 heterocycles. The van der Waals surface area contributed by atoms with E-state index in [1.807, 2.05) is 0 Å². The minimum Gasteiger partial charge on any atom is -0.388 e. The number of hydrogen-bond donors (Lipinski definition) is 3. The maximum absolute atomic E-state index is 12.9. The molecule has 7 nitrogen and oxygen atoms in total. The zero-order valence-electron chi connectivity index (χ0n) is 14.3. The van der Waals surface area contributed by atoms with Crippen LogP contribution in [0.3, 0.4) is 0 Å². The number of benzene rings is 1. The van der Waals surface area contributed by atoms with Gasteiger partial charge in [-0.25, -0.2) is 9.18 Å². The van der Waals surface area contributed by atoms with Crippen LogP contribution in [0.15, 0.2) is 24.3 Å². The first-order valence-electron chi connectivity index (χ1n) is 8.55. The van der Waals surface area contributed by atoms with Gasteiger partial charge < -0.3 is 25.4 Å². The Balaban J connectivity index is 1.45. The summed E-state index contributed by atoms with van der Waals surface area (Å²) in [5.41, 5.74) is 0.487. The molecule has 3 atom stereocenters. The monoisotopic (exact) mass is 352 g/mol. The number of amides is 2. The third-order valence-corrected chi connectivity index (χ3v) is 4.74. The molecule has 3 N–H and O–H groups in total. The van der Waals surface area contributed by atoms with Gasteiger partial charge in [-0.15, -0.1) is 0 Å². The molecular formula is C17H25FN4O3. The normalized spacial score (nSPS) is 28.0. The fraction of sp³-hybridized carbons (Fsp3) is 0.588. The van der Waals surface area contributed by atoms with Crippen molar-refractivity contribution in [2.24, 2.45) is 0 Å². The quantitative estimate of drug-likeness (QED) is 0.728. The Morgan fingerprint density at radius 3 is 2.64 bits per heavy atom. The lowest BCUT2D eigenvalue weighted by molar-refractivity contribution is 0.00623. The van der Waals surface area contributed by atoms with Gasteiger partial charge in [0.25, 0.3) is 0 Å². The highest BCUT2D eigenvalue weighted by molar-refractivity contribution is 5.89. The molecule has 1 aromatic carbocycles. The summed E-state index contributed by atoms with van der Waals surface area (Å²) in [4.78, 5) is 16.6. The van der Waals surface area contributed by atoms with E-state index in [1.165, 1.54) is 24.3 Å². The first-order chi connectivity index (χ1) is 12.0. The number of aliphatic hydroxyl groups is 1. The summed E-state index contributed by atoms with van der Waals surface area (Å²) in [5.74, 6) is -0.364. The van der Waals surface area contributed by atoms with E-state index in [9.17, 15) is 14.3 Å². The van der Waals surface area contributed by atoms with Gasteiger partial charge in [0.2, 0.25) is 0 Å². The van der Waals surface area contributed by atoms with E-state index in [-0.39, 0.29) is 18.5 Å². The van der Waals surface area contributed by atoms with Crippen molar-refractivity contribution in [3.63, 3.8) is 0 Å².